The summed E-state index contributed by atoms with van der Waals surface area (Å²) in [5, 5.41) is 4.28. The molecule has 4 heterocycles. The van der Waals surface area contributed by atoms with E-state index < -0.39 is 0 Å². The lowest BCUT2D eigenvalue weighted by molar-refractivity contribution is -0.133. The van der Waals surface area contributed by atoms with Crippen LogP contribution in [0.15, 0.2) is 18.7 Å². The lowest BCUT2D eigenvalue weighted by Gasteiger charge is -2.45. The molecule has 2 aliphatic heterocycles. The SMILES string of the molecule is c1nc2cncc(N3CCOC4(CCCOC4)C3)n2n1. The van der Waals surface area contributed by atoms with E-state index in [0.717, 1.165) is 44.0 Å². The highest BCUT2D eigenvalue weighted by Gasteiger charge is 2.39. The summed E-state index contributed by atoms with van der Waals surface area (Å²) in [6, 6.07) is 0. The molecule has 0 saturated carbocycles. The molecule has 0 bridgehead atoms. The van der Waals surface area contributed by atoms with Crippen LogP contribution in [0, 0.1) is 0 Å². The Hall–Kier alpha value is -1.73. The van der Waals surface area contributed by atoms with Gasteiger partial charge in [-0.05, 0) is 12.8 Å². The molecule has 0 aromatic carbocycles. The van der Waals surface area contributed by atoms with Gasteiger partial charge in [-0.2, -0.15) is 9.61 Å². The smallest absolute Gasteiger partial charge is 0.175 e. The molecule has 2 aromatic rings. The predicted octanol–water partition coefficient (Wildman–Crippen LogP) is 0.510. The number of morpholine rings is 1. The van der Waals surface area contributed by atoms with Crippen LogP contribution in [-0.2, 0) is 9.47 Å². The molecule has 0 aliphatic carbocycles. The van der Waals surface area contributed by atoms with Crippen molar-refractivity contribution in [3.8, 4) is 0 Å². The number of aromatic nitrogens is 4. The van der Waals surface area contributed by atoms with E-state index in [1.54, 1.807) is 12.5 Å². The summed E-state index contributed by atoms with van der Waals surface area (Å²) in [4.78, 5) is 10.7. The van der Waals surface area contributed by atoms with Gasteiger partial charge in [-0.25, -0.2) is 4.98 Å². The Kier molecular flexibility index (Phi) is 2.82. The van der Waals surface area contributed by atoms with Gasteiger partial charge in [0.05, 0.1) is 32.2 Å². The summed E-state index contributed by atoms with van der Waals surface area (Å²) in [5.41, 5.74) is 0.585. The Labute approximate surface area is 116 Å². The Balaban J connectivity index is 1.66. The predicted molar refractivity (Wildman–Crippen MR) is 71.7 cm³/mol. The summed E-state index contributed by atoms with van der Waals surface area (Å²) in [6.45, 7) is 3.86. The zero-order valence-corrected chi connectivity index (χ0v) is 11.2. The van der Waals surface area contributed by atoms with Crippen LogP contribution < -0.4 is 4.90 Å². The van der Waals surface area contributed by atoms with Gasteiger partial charge in [-0.3, -0.25) is 4.98 Å². The first kappa shape index (κ1) is 12.0. The highest BCUT2D eigenvalue weighted by molar-refractivity contribution is 5.47. The summed E-state index contributed by atoms with van der Waals surface area (Å²) in [5.74, 6) is 0.966. The van der Waals surface area contributed by atoms with Crippen molar-refractivity contribution < 1.29 is 9.47 Å². The largest absolute Gasteiger partial charge is 0.378 e. The molecule has 0 radical (unpaired) electrons. The number of hydrogen-bond acceptors (Lipinski definition) is 6. The highest BCUT2D eigenvalue weighted by atomic mass is 16.5. The van der Waals surface area contributed by atoms with Crippen LogP contribution in [0.2, 0.25) is 0 Å². The average molecular weight is 275 g/mol. The topological polar surface area (TPSA) is 64.8 Å². The third-order valence-corrected chi connectivity index (χ3v) is 4.03. The first-order valence-corrected chi connectivity index (χ1v) is 6.97. The lowest BCUT2D eigenvalue weighted by Crippen LogP contribution is -2.56. The fourth-order valence-corrected chi connectivity index (χ4v) is 3.06. The highest BCUT2D eigenvalue weighted by Crippen LogP contribution is 2.29. The molecule has 2 fully saturated rings. The van der Waals surface area contributed by atoms with E-state index in [2.05, 4.69) is 20.0 Å². The van der Waals surface area contributed by atoms with Crippen LogP contribution in [0.3, 0.4) is 0 Å². The molecular formula is C13H17N5O2. The quantitative estimate of drug-likeness (QED) is 0.755. The first-order chi connectivity index (χ1) is 9.86. The van der Waals surface area contributed by atoms with Gasteiger partial charge in [-0.15, -0.1) is 0 Å². The molecule has 2 aliphatic rings. The van der Waals surface area contributed by atoms with Crippen molar-refractivity contribution in [1.29, 1.82) is 0 Å². The van der Waals surface area contributed by atoms with Gasteiger partial charge >= 0.3 is 0 Å². The third kappa shape index (κ3) is 1.94. The van der Waals surface area contributed by atoms with Crippen molar-refractivity contribution in [3.05, 3.63) is 18.7 Å². The van der Waals surface area contributed by atoms with E-state index in [-0.39, 0.29) is 5.60 Å². The standard InChI is InChI=1S/C13H17N5O2/c1-2-13(9-19-4-1)8-17(3-5-20-13)12-7-14-6-11-15-10-16-18(11)12/h6-7,10H,1-5,8-9H2. The molecule has 4 rings (SSSR count). The van der Waals surface area contributed by atoms with Gasteiger partial charge in [-0.1, -0.05) is 0 Å². The number of ether oxygens (including phenoxy) is 2. The second kappa shape index (κ2) is 4.68. The normalized spacial score (nSPS) is 27.3. The zero-order chi connectivity index (χ0) is 13.4. The molecule has 7 heteroatoms. The molecule has 1 spiro atoms. The van der Waals surface area contributed by atoms with Crippen molar-refractivity contribution in [2.75, 3.05) is 37.8 Å². The van der Waals surface area contributed by atoms with Gasteiger partial charge in [0.1, 0.15) is 11.9 Å². The summed E-state index contributed by atoms with van der Waals surface area (Å²) in [6.07, 6.45) is 7.21. The maximum Gasteiger partial charge on any atom is 0.175 e. The number of rotatable bonds is 1. The van der Waals surface area contributed by atoms with Gasteiger partial charge in [0, 0.05) is 13.2 Å². The molecule has 106 valence electrons. The van der Waals surface area contributed by atoms with Crippen molar-refractivity contribution in [2.45, 2.75) is 18.4 Å². The van der Waals surface area contributed by atoms with E-state index in [0.29, 0.717) is 13.2 Å². The number of nitrogens with zero attached hydrogens (tertiary/aromatic N) is 5. The monoisotopic (exact) mass is 275 g/mol. The fraction of sp³-hybridized carbons (Fsp3) is 0.615. The molecule has 20 heavy (non-hydrogen) atoms. The van der Waals surface area contributed by atoms with Crippen molar-refractivity contribution in [1.82, 2.24) is 19.6 Å². The van der Waals surface area contributed by atoms with Gasteiger partial charge < -0.3 is 14.4 Å². The minimum Gasteiger partial charge on any atom is -0.378 e. The van der Waals surface area contributed by atoms with Crippen LogP contribution in [0.1, 0.15) is 12.8 Å². The minimum absolute atomic E-state index is 0.181. The van der Waals surface area contributed by atoms with Gasteiger partial charge in [0.15, 0.2) is 11.5 Å². The number of fused-ring (bicyclic) bond motifs is 1. The van der Waals surface area contributed by atoms with E-state index >= 15 is 0 Å². The second-order valence-corrected chi connectivity index (χ2v) is 5.40. The molecular weight excluding hydrogens is 258 g/mol. The maximum absolute atomic E-state index is 6.02. The van der Waals surface area contributed by atoms with Gasteiger partial charge in [0.2, 0.25) is 0 Å². The molecule has 0 N–H and O–H groups in total. The second-order valence-electron chi connectivity index (χ2n) is 5.40. The van der Waals surface area contributed by atoms with Crippen LogP contribution in [0.5, 0.6) is 0 Å². The molecule has 1 atom stereocenters. The Bertz CT molecular complexity index is 602. The van der Waals surface area contributed by atoms with Crippen molar-refractivity contribution in [3.63, 3.8) is 0 Å². The van der Waals surface area contributed by atoms with E-state index in [1.165, 1.54) is 0 Å². The maximum atomic E-state index is 6.02. The molecule has 0 amide bonds. The third-order valence-electron chi connectivity index (χ3n) is 4.03. The Morgan fingerprint density at radius 1 is 1.25 bits per heavy atom. The molecule has 7 nitrogen and oxygen atoms in total. The number of hydrogen-bond donors (Lipinski definition) is 0. The Morgan fingerprint density at radius 3 is 3.15 bits per heavy atom. The van der Waals surface area contributed by atoms with Crippen LogP contribution in [0.25, 0.3) is 5.65 Å². The minimum atomic E-state index is -0.181. The van der Waals surface area contributed by atoms with E-state index in [4.69, 9.17) is 9.47 Å². The van der Waals surface area contributed by atoms with Crippen molar-refractivity contribution in [2.24, 2.45) is 0 Å². The molecule has 2 aromatic heterocycles. The van der Waals surface area contributed by atoms with Crippen molar-refractivity contribution >= 4 is 11.5 Å². The van der Waals surface area contributed by atoms with Crippen LogP contribution in [0.4, 0.5) is 5.82 Å². The van der Waals surface area contributed by atoms with Crippen LogP contribution in [-0.4, -0.2) is 58.1 Å². The van der Waals surface area contributed by atoms with Gasteiger partial charge in [0.25, 0.3) is 0 Å². The Morgan fingerprint density at radius 2 is 2.25 bits per heavy atom. The lowest BCUT2D eigenvalue weighted by atomic mass is 9.94. The number of anilines is 1. The summed E-state index contributed by atoms with van der Waals surface area (Å²) >= 11 is 0. The zero-order valence-electron chi connectivity index (χ0n) is 11.2. The first-order valence-electron chi connectivity index (χ1n) is 6.97. The fourth-order valence-electron chi connectivity index (χ4n) is 3.06. The summed E-state index contributed by atoms with van der Waals surface area (Å²) in [7, 11) is 0. The van der Waals surface area contributed by atoms with Crippen LogP contribution >= 0.6 is 0 Å². The molecule has 2 saturated heterocycles. The summed E-state index contributed by atoms with van der Waals surface area (Å²) < 4.78 is 13.5. The van der Waals surface area contributed by atoms with E-state index in [1.807, 2.05) is 10.7 Å². The molecule has 1 unspecified atom stereocenters. The van der Waals surface area contributed by atoms with E-state index in [9.17, 15) is 0 Å². The average Bonchev–Trinajstić information content (AvgIpc) is 2.96.